The standard InChI is InChI=1S/C27H31N5O3/c1-6-23(26(33)28-16-20-10-14-22(15-11-20)35-7-2)32-27(34)25-24(18(4)29-32)19(5)31(30-25)21-12-8-17(3)9-13-21/h8-15,23H,6-7,16H2,1-5H3,(H,28,33). The third kappa shape index (κ3) is 4.82. The van der Waals surface area contributed by atoms with E-state index in [9.17, 15) is 9.59 Å². The molecule has 0 radical (unpaired) electrons. The van der Waals surface area contributed by atoms with Gasteiger partial charge in [-0.1, -0.05) is 36.8 Å². The molecule has 182 valence electrons. The fourth-order valence-corrected chi connectivity index (χ4v) is 4.25. The fraction of sp³-hybridized carbons (Fsp3) is 0.333. The number of carbonyl (C=O) groups is 1. The van der Waals surface area contributed by atoms with Crippen LogP contribution >= 0.6 is 0 Å². The third-order valence-electron chi connectivity index (χ3n) is 6.11. The molecule has 0 spiro atoms. The van der Waals surface area contributed by atoms with E-state index in [1.54, 1.807) is 4.68 Å². The van der Waals surface area contributed by atoms with Crippen LogP contribution in [0, 0.1) is 20.8 Å². The smallest absolute Gasteiger partial charge is 0.295 e. The molecule has 0 aliphatic rings. The second-order valence-corrected chi connectivity index (χ2v) is 8.61. The van der Waals surface area contributed by atoms with E-state index in [4.69, 9.17) is 4.74 Å². The first-order valence-corrected chi connectivity index (χ1v) is 11.9. The van der Waals surface area contributed by atoms with E-state index < -0.39 is 6.04 Å². The number of amides is 1. The quantitative estimate of drug-likeness (QED) is 0.415. The molecule has 2 heterocycles. The minimum atomic E-state index is -0.738. The van der Waals surface area contributed by atoms with Gasteiger partial charge in [-0.3, -0.25) is 9.59 Å². The van der Waals surface area contributed by atoms with Crippen LogP contribution in [0.1, 0.15) is 48.8 Å². The van der Waals surface area contributed by atoms with Crippen LogP contribution in [0.25, 0.3) is 16.6 Å². The Morgan fingerprint density at radius 3 is 2.31 bits per heavy atom. The molecule has 2 aromatic carbocycles. The van der Waals surface area contributed by atoms with Crippen LogP contribution in [-0.2, 0) is 11.3 Å². The highest BCUT2D eigenvalue weighted by molar-refractivity contribution is 5.84. The van der Waals surface area contributed by atoms with Gasteiger partial charge in [0.25, 0.3) is 5.56 Å². The maximum Gasteiger partial charge on any atom is 0.295 e. The summed E-state index contributed by atoms with van der Waals surface area (Å²) in [5, 5.41) is 12.8. The average molecular weight is 474 g/mol. The van der Waals surface area contributed by atoms with Crippen molar-refractivity contribution >= 4 is 16.8 Å². The molecule has 4 rings (SSSR count). The molecule has 0 bridgehead atoms. The van der Waals surface area contributed by atoms with E-state index in [0.29, 0.717) is 30.8 Å². The number of rotatable bonds is 8. The SMILES string of the molecule is CCOc1ccc(CNC(=O)C(CC)n2nc(C)c3c(C)n(-c4ccc(C)cc4)nc3c2=O)cc1. The number of carbonyl (C=O) groups excluding carboxylic acids is 1. The van der Waals surface area contributed by atoms with Gasteiger partial charge in [-0.2, -0.15) is 10.2 Å². The van der Waals surface area contributed by atoms with Crippen LogP contribution in [0.2, 0.25) is 0 Å². The summed E-state index contributed by atoms with van der Waals surface area (Å²) in [6.45, 7) is 10.5. The van der Waals surface area contributed by atoms with Gasteiger partial charge in [0.15, 0.2) is 5.52 Å². The van der Waals surface area contributed by atoms with Gasteiger partial charge in [-0.15, -0.1) is 0 Å². The van der Waals surface area contributed by atoms with Crippen LogP contribution < -0.4 is 15.6 Å². The molecular formula is C27H31N5O3. The Kier molecular flexibility index (Phi) is 7.00. The number of nitrogens with one attached hydrogen (secondary N) is 1. The van der Waals surface area contributed by atoms with Crippen molar-refractivity contribution in [2.24, 2.45) is 0 Å². The van der Waals surface area contributed by atoms with E-state index in [0.717, 1.165) is 33.6 Å². The predicted molar refractivity (Wildman–Crippen MR) is 136 cm³/mol. The molecule has 8 nitrogen and oxygen atoms in total. The Balaban J connectivity index is 1.63. The highest BCUT2D eigenvalue weighted by Gasteiger charge is 2.25. The van der Waals surface area contributed by atoms with Crippen molar-refractivity contribution in [2.45, 2.75) is 53.6 Å². The second kappa shape index (κ2) is 10.1. The largest absolute Gasteiger partial charge is 0.494 e. The molecule has 1 unspecified atom stereocenters. The van der Waals surface area contributed by atoms with Gasteiger partial charge in [0.1, 0.15) is 11.8 Å². The van der Waals surface area contributed by atoms with Gasteiger partial charge in [0.05, 0.1) is 29.1 Å². The zero-order valence-corrected chi connectivity index (χ0v) is 20.8. The van der Waals surface area contributed by atoms with Crippen LogP contribution in [0.15, 0.2) is 53.3 Å². The Labute approximate surface area is 204 Å². The van der Waals surface area contributed by atoms with Gasteiger partial charge in [0.2, 0.25) is 5.91 Å². The van der Waals surface area contributed by atoms with Crippen molar-refractivity contribution in [1.29, 1.82) is 0 Å². The van der Waals surface area contributed by atoms with Crippen molar-refractivity contribution in [1.82, 2.24) is 24.9 Å². The Morgan fingerprint density at radius 1 is 1.00 bits per heavy atom. The van der Waals surface area contributed by atoms with Crippen molar-refractivity contribution < 1.29 is 9.53 Å². The fourth-order valence-electron chi connectivity index (χ4n) is 4.25. The first-order chi connectivity index (χ1) is 16.8. The number of benzene rings is 2. The van der Waals surface area contributed by atoms with Gasteiger partial charge in [0, 0.05) is 6.54 Å². The van der Waals surface area contributed by atoms with Crippen LogP contribution in [0.5, 0.6) is 5.75 Å². The summed E-state index contributed by atoms with van der Waals surface area (Å²) in [4.78, 5) is 26.5. The highest BCUT2D eigenvalue weighted by Crippen LogP contribution is 2.22. The van der Waals surface area contributed by atoms with Crippen molar-refractivity contribution in [2.75, 3.05) is 6.61 Å². The highest BCUT2D eigenvalue weighted by atomic mass is 16.5. The molecule has 8 heteroatoms. The van der Waals surface area contributed by atoms with E-state index >= 15 is 0 Å². The molecule has 1 N–H and O–H groups in total. The molecule has 0 fully saturated rings. The van der Waals surface area contributed by atoms with E-state index in [-0.39, 0.29) is 11.5 Å². The molecule has 0 aliphatic heterocycles. The monoisotopic (exact) mass is 473 g/mol. The Morgan fingerprint density at radius 2 is 1.69 bits per heavy atom. The van der Waals surface area contributed by atoms with Crippen molar-refractivity contribution in [3.63, 3.8) is 0 Å². The summed E-state index contributed by atoms with van der Waals surface area (Å²) in [6, 6.07) is 14.8. The molecule has 2 aromatic heterocycles. The molecule has 4 aromatic rings. The molecule has 0 aliphatic carbocycles. The summed E-state index contributed by atoms with van der Waals surface area (Å²) in [7, 11) is 0. The summed E-state index contributed by atoms with van der Waals surface area (Å²) >= 11 is 0. The molecule has 1 atom stereocenters. The van der Waals surface area contributed by atoms with E-state index in [1.807, 2.05) is 83.1 Å². The average Bonchev–Trinajstić information content (AvgIpc) is 3.21. The lowest BCUT2D eigenvalue weighted by molar-refractivity contribution is -0.125. The normalized spacial score (nSPS) is 12.0. The first-order valence-electron chi connectivity index (χ1n) is 11.9. The van der Waals surface area contributed by atoms with Gasteiger partial charge >= 0.3 is 0 Å². The maximum atomic E-state index is 13.4. The maximum absolute atomic E-state index is 13.4. The lowest BCUT2D eigenvalue weighted by Crippen LogP contribution is -2.38. The van der Waals surface area contributed by atoms with E-state index in [1.165, 1.54) is 4.68 Å². The summed E-state index contributed by atoms with van der Waals surface area (Å²) in [5.74, 6) is 0.526. The number of hydrogen-bond donors (Lipinski definition) is 1. The van der Waals surface area contributed by atoms with Crippen molar-refractivity contribution in [3.05, 3.63) is 81.4 Å². The van der Waals surface area contributed by atoms with E-state index in [2.05, 4.69) is 15.5 Å². The van der Waals surface area contributed by atoms with Crippen LogP contribution in [0.4, 0.5) is 0 Å². The molecule has 35 heavy (non-hydrogen) atoms. The van der Waals surface area contributed by atoms with Gasteiger partial charge in [-0.25, -0.2) is 9.36 Å². The lowest BCUT2D eigenvalue weighted by Gasteiger charge is -2.17. The number of nitrogens with zero attached hydrogens (tertiary/aromatic N) is 4. The van der Waals surface area contributed by atoms with Crippen LogP contribution in [-0.4, -0.2) is 32.1 Å². The zero-order chi connectivity index (χ0) is 25.1. The zero-order valence-electron chi connectivity index (χ0n) is 20.8. The van der Waals surface area contributed by atoms with Gasteiger partial charge in [-0.05, 0) is 63.9 Å². The Hall–Kier alpha value is -3.94. The number of fused-ring (bicyclic) bond motifs is 1. The Bertz CT molecular complexity index is 1400. The van der Waals surface area contributed by atoms with Crippen molar-refractivity contribution in [3.8, 4) is 11.4 Å². The summed E-state index contributed by atoms with van der Waals surface area (Å²) in [5.41, 5.74) is 4.39. The molecule has 1 amide bonds. The lowest BCUT2D eigenvalue weighted by atomic mass is 10.1. The minimum Gasteiger partial charge on any atom is -0.494 e. The summed E-state index contributed by atoms with van der Waals surface area (Å²) < 4.78 is 8.50. The predicted octanol–water partition coefficient (Wildman–Crippen LogP) is 4.17. The number of hydrogen-bond acceptors (Lipinski definition) is 5. The molecular weight excluding hydrogens is 442 g/mol. The summed E-state index contributed by atoms with van der Waals surface area (Å²) in [6.07, 6.45) is 0.421. The topological polar surface area (TPSA) is 91.0 Å². The number of aromatic nitrogens is 4. The van der Waals surface area contributed by atoms with Crippen LogP contribution in [0.3, 0.4) is 0 Å². The first kappa shape index (κ1) is 24.2. The second-order valence-electron chi connectivity index (χ2n) is 8.61. The number of ether oxygens (including phenoxy) is 1. The third-order valence-corrected chi connectivity index (χ3v) is 6.11. The number of aryl methyl sites for hydroxylation is 3. The van der Waals surface area contributed by atoms with Gasteiger partial charge < -0.3 is 10.1 Å². The molecule has 0 saturated carbocycles. The minimum absolute atomic E-state index is 0.260. The molecule has 0 saturated heterocycles.